The molecule has 0 N–H and O–H groups in total. The molecule has 0 aliphatic heterocycles. The first kappa shape index (κ1) is 13.8. The van der Waals surface area contributed by atoms with Gasteiger partial charge >= 0.3 is 0 Å². The summed E-state index contributed by atoms with van der Waals surface area (Å²) >= 11 is 5.65. The van der Waals surface area contributed by atoms with Crippen molar-refractivity contribution in [3.63, 3.8) is 0 Å². The maximum atomic E-state index is 5.65. The third kappa shape index (κ3) is 4.50. The van der Waals surface area contributed by atoms with Gasteiger partial charge in [0.15, 0.2) is 0 Å². The van der Waals surface area contributed by atoms with E-state index < -0.39 is 0 Å². The lowest BCUT2D eigenvalue weighted by Crippen LogP contribution is -2.04. The number of methoxy groups -OCH3 is 1. The Labute approximate surface area is 117 Å². The van der Waals surface area contributed by atoms with Crippen molar-refractivity contribution in [3.05, 3.63) is 53.1 Å². The van der Waals surface area contributed by atoms with Crippen LogP contribution in [0.5, 0.6) is 5.75 Å². The molecule has 0 unspecified atom stereocenters. The summed E-state index contributed by atoms with van der Waals surface area (Å²) in [5.74, 6) is 0.841. The number of hydrogen-bond donors (Lipinski definition) is 0. The average molecular weight is 279 g/mol. The number of ether oxygens (including phenoxy) is 2. The van der Waals surface area contributed by atoms with Crippen molar-refractivity contribution in [2.24, 2.45) is 0 Å². The monoisotopic (exact) mass is 278 g/mol. The number of nitrogens with zero attached hydrogens (tertiary/aromatic N) is 2. The van der Waals surface area contributed by atoms with Crippen molar-refractivity contribution in [1.29, 1.82) is 0 Å². The third-order valence-electron chi connectivity index (χ3n) is 2.56. The molecule has 19 heavy (non-hydrogen) atoms. The molecule has 1 aromatic heterocycles. The molecule has 100 valence electrons. The van der Waals surface area contributed by atoms with E-state index >= 15 is 0 Å². The highest BCUT2D eigenvalue weighted by Gasteiger charge is 1.99. The molecular weight excluding hydrogens is 264 g/mol. The van der Waals surface area contributed by atoms with Crippen LogP contribution in [0.4, 0.5) is 0 Å². The average Bonchev–Trinajstić information content (AvgIpc) is 2.44. The van der Waals surface area contributed by atoms with Crippen LogP contribution in [0.3, 0.4) is 0 Å². The van der Waals surface area contributed by atoms with E-state index in [-0.39, 0.29) is 5.28 Å². The van der Waals surface area contributed by atoms with Crippen molar-refractivity contribution in [2.75, 3.05) is 20.3 Å². The minimum absolute atomic E-state index is 0.269. The van der Waals surface area contributed by atoms with Crippen molar-refractivity contribution in [1.82, 2.24) is 9.97 Å². The molecule has 5 heteroatoms. The van der Waals surface area contributed by atoms with Crippen molar-refractivity contribution >= 4 is 11.6 Å². The molecule has 0 saturated carbocycles. The first-order valence-electron chi connectivity index (χ1n) is 5.95. The lowest BCUT2D eigenvalue weighted by atomic mass is 10.1. The van der Waals surface area contributed by atoms with Crippen LogP contribution in [-0.2, 0) is 11.2 Å². The zero-order valence-electron chi connectivity index (χ0n) is 10.7. The molecule has 0 spiro atoms. The Morgan fingerprint density at radius 1 is 1.00 bits per heavy atom. The van der Waals surface area contributed by atoms with E-state index in [9.17, 15) is 0 Å². The highest BCUT2D eigenvalue weighted by molar-refractivity contribution is 6.28. The zero-order valence-corrected chi connectivity index (χ0v) is 11.4. The summed E-state index contributed by atoms with van der Waals surface area (Å²) in [4.78, 5) is 7.92. The van der Waals surface area contributed by atoms with Gasteiger partial charge in [0.1, 0.15) is 12.4 Å². The number of halogens is 1. The van der Waals surface area contributed by atoms with Gasteiger partial charge in [-0.15, -0.1) is 0 Å². The van der Waals surface area contributed by atoms with Gasteiger partial charge in [-0.1, -0.05) is 12.1 Å². The fourth-order valence-corrected chi connectivity index (χ4v) is 1.71. The van der Waals surface area contributed by atoms with Gasteiger partial charge in [0, 0.05) is 25.9 Å². The van der Waals surface area contributed by atoms with Crippen LogP contribution in [0.15, 0.2) is 36.7 Å². The fraction of sp³-hybridized carbons (Fsp3) is 0.286. The molecule has 0 radical (unpaired) electrons. The number of hydrogen-bond acceptors (Lipinski definition) is 4. The summed E-state index contributed by atoms with van der Waals surface area (Å²) < 4.78 is 10.4. The van der Waals surface area contributed by atoms with Crippen LogP contribution in [0.1, 0.15) is 11.1 Å². The van der Waals surface area contributed by atoms with E-state index in [2.05, 4.69) is 9.97 Å². The van der Waals surface area contributed by atoms with Crippen LogP contribution in [-0.4, -0.2) is 30.3 Å². The molecule has 2 rings (SSSR count). The van der Waals surface area contributed by atoms with Crippen LogP contribution < -0.4 is 4.74 Å². The van der Waals surface area contributed by atoms with Crippen LogP contribution in [0, 0.1) is 0 Å². The van der Waals surface area contributed by atoms with E-state index in [0.29, 0.717) is 13.2 Å². The molecule has 0 amide bonds. The van der Waals surface area contributed by atoms with Gasteiger partial charge in [-0.3, -0.25) is 0 Å². The normalized spacial score (nSPS) is 10.4. The van der Waals surface area contributed by atoms with Crippen molar-refractivity contribution < 1.29 is 9.47 Å². The summed E-state index contributed by atoms with van der Waals surface area (Å²) in [5, 5.41) is 0.269. The minimum atomic E-state index is 0.269. The first-order chi connectivity index (χ1) is 9.28. The maximum Gasteiger partial charge on any atom is 0.222 e. The van der Waals surface area contributed by atoms with E-state index in [1.807, 2.05) is 24.3 Å². The summed E-state index contributed by atoms with van der Waals surface area (Å²) in [6, 6.07) is 7.94. The fourth-order valence-electron chi connectivity index (χ4n) is 1.61. The Morgan fingerprint density at radius 3 is 2.32 bits per heavy atom. The zero-order chi connectivity index (χ0) is 13.5. The van der Waals surface area contributed by atoms with Crippen LogP contribution in [0.2, 0.25) is 5.28 Å². The first-order valence-corrected chi connectivity index (χ1v) is 6.33. The van der Waals surface area contributed by atoms with Gasteiger partial charge < -0.3 is 9.47 Å². The Morgan fingerprint density at radius 2 is 1.68 bits per heavy atom. The Hall–Kier alpha value is -1.65. The minimum Gasteiger partial charge on any atom is -0.491 e. The molecule has 1 aromatic carbocycles. The predicted molar refractivity (Wildman–Crippen MR) is 73.7 cm³/mol. The highest BCUT2D eigenvalue weighted by atomic mass is 35.5. The molecule has 0 bridgehead atoms. The predicted octanol–water partition coefficient (Wildman–Crippen LogP) is 2.75. The second kappa shape index (κ2) is 7.07. The van der Waals surface area contributed by atoms with E-state index in [0.717, 1.165) is 17.7 Å². The second-order valence-corrected chi connectivity index (χ2v) is 4.36. The quantitative estimate of drug-likeness (QED) is 0.602. The largest absolute Gasteiger partial charge is 0.491 e. The molecule has 4 nitrogen and oxygen atoms in total. The summed E-state index contributed by atoms with van der Waals surface area (Å²) in [7, 11) is 1.65. The number of rotatable bonds is 6. The van der Waals surface area contributed by atoms with Gasteiger partial charge in [-0.2, -0.15) is 0 Å². The molecule has 0 atom stereocenters. The summed E-state index contributed by atoms with van der Waals surface area (Å²) in [6.45, 7) is 1.14. The van der Waals surface area contributed by atoms with Crippen molar-refractivity contribution in [2.45, 2.75) is 6.42 Å². The number of aromatic nitrogens is 2. The van der Waals surface area contributed by atoms with Crippen molar-refractivity contribution in [3.8, 4) is 5.75 Å². The Balaban J connectivity index is 1.92. The highest BCUT2D eigenvalue weighted by Crippen LogP contribution is 2.15. The second-order valence-electron chi connectivity index (χ2n) is 4.02. The topological polar surface area (TPSA) is 44.2 Å². The van der Waals surface area contributed by atoms with Gasteiger partial charge in [-0.25, -0.2) is 9.97 Å². The molecule has 0 fully saturated rings. The SMILES string of the molecule is COCCOc1ccc(Cc2cnc(Cl)nc2)cc1. The van der Waals surface area contributed by atoms with Gasteiger partial charge in [0.2, 0.25) is 5.28 Å². The third-order valence-corrected chi connectivity index (χ3v) is 2.76. The standard InChI is InChI=1S/C14H15ClN2O2/c1-18-6-7-19-13-4-2-11(3-5-13)8-12-9-16-14(15)17-10-12/h2-5,9-10H,6-8H2,1H3. The van der Waals surface area contributed by atoms with Crippen LogP contribution >= 0.6 is 11.6 Å². The lowest BCUT2D eigenvalue weighted by molar-refractivity contribution is 0.146. The van der Waals surface area contributed by atoms with Crippen LogP contribution in [0.25, 0.3) is 0 Å². The maximum absolute atomic E-state index is 5.65. The van der Waals surface area contributed by atoms with Gasteiger partial charge in [0.25, 0.3) is 0 Å². The molecule has 2 aromatic rings. The molecule has 0 aliphatic rings. The van der Waals surface area contributed by atoms with Gasteiger partial charge in [0.05, 0.1) is 6.61 Å². The Kier molecular flexibility index (Phi) is 5.12. The molecule has 1 heterocycles. The van der Waals surface area contributed by atoms with Gasteiger partial charge in [-0.05, 0) is 34.9 Å². The lowest BCUT2D eigenvalue weighted by Gasteiger charge is -2.06. The molecule has 0 aliphatic carbocycles. The molecule has 0 saturated heterocycles. The van der Waals surface area contributed by atoms with E-state index in [4.69, 9.17) is 21.1 Å². The Bertz CT molecular complexity index is 500. The van der Waals surface area contributed by atoms with E-state index in [1.54, 1.807) is 19.5 Å². The number of benzene rings is 1. The summed E-state index contributed by atoms with van der Waals surface area (Å²) in [5.41, 5.74) is 2.20. The summed E-state index contributed by atoms with van der Waals surface area (Å²) in [6.07, 6.45) is 4.24. The van der Waals surface area contributed by atoms with E-state index in [1.165, 1.54) is 5.56 Å². The smallest absolute Gasteiger partial charge is 0.222 e. The molecular formula is C14H15ClN2O2.